The van der Waals surface area contributed by atoms with Gasteiger partial charge >= 0.3 is 0 Å². The zero-order valence-corrected chi connectivity index (χ0v) is 18.6. The molecule has 2 unspecified atom stereocenters. The monoisotopic (exact) mass is 447 g/mol. The van der Waals surface area contributed by atoms with Crippen LogP contribution in [-0.4, -0.2) is 20.7 Å². The highest BCUT2D eigenvalue weighted by atomic mass is 35.5. The number of halogens is 2. The van der Waals surface area contributed by atoms with Crippen LogP contribution in [0.5, 0.6) is 0 Å². The third-order valence-corrected chi connectivity index (χ3v) is 6.03. The van der Waals surface area contributed by atoms with Gasteiger partial charge in [-0.1, -0.05) is 42.4 Å². The molecule has 5 nitrogen and oxygen atoms in total. The molecule has 0 aliphatic rings. The summed E-state index contributed by atoms with van der Waals surface area (Å²) >= 11 is 7.29. The van der Waals surface area contributed by atoms with E-state index in [9.17, 15) is 14.0 Å². The second-order valence-electron chi connectivity index (χ2n) is 7.05. The number of thioether (sulfide) groups is 1. The van der Waals surface area contributed by atoms with Crippen LogP contribution in [0.2, 0.25) is 5.02 Å². The Morgan fingerprint density at radius 2 is 1.93 bits per heavy atom. The summed E-state index contributed by atoms with van der Waals surface area (Å²) in [7, 11) is 0. The molecule has 2 aromatic carbocycles. The Labute approximate surface area is 183 Å². The molecule has 1 heterocycles. The van der Waals surface area contributed by atoms with Crippen molar-refractivity contribution in [2.24, 2.45) is 0 Å². The van der Waals surface area contributed by atoms with E-state index in [0.29, 0.717) is 27.6 Å². The first-order valence-electron chi connectivity index (χ1n) is 9.72. The number of benzene rings is 2. The van der Waals surface area contributed by atoms with Crippen LogP contribution in [0.25, 0.3) is 10.9 Å². The van der Waals surface area contributed by atoms with Gasteiger partial charge in [0.15, 0.2) is 5.16 Å². The van der Waals surface area contributed by atoms with Crippen molar-refractivity contribution in [2.45, 2.75) is 50.2 Å². The summed E-state index contributed by atoms with van der Waals surface area (Å²) in [5.41, 5.74) is 1.17. The zero-order valence-electron chi connectivity index (χ0n) is 17.0. The van der Waals surface area contributed by atoms with Crippen molar-refractivity contribution in [3.63, 3.8) is 0 Å². The molecule has 0 saturated heterocycles. The van der Waals surface area contributed by atoms with Crippen molar-refractivity contribution in [1.29, 1.82) is 0 Å². The first-order chi connectivity index (χ1) is 14.3. The second-order valence-corrected chi connectivity index (χ2v) is 8.80. The molecule has 0 aliphatic carbocycles. The van der Waals surface area contributed by atoms with E-state index < -0.39 is 5.25 Å². The van der Waals surface area contributed by atoms with Crippen LogP contribution >= 0.6 is 23.4 Å². The molecule has 8 heteroatoms. The minimum atomic E-state index is -0.487. The van der Waals surface area contributed by atoms with Crippen LogP contribution in [0.1, 0.15) is 38.8 Å². The van der Waals surface area contributed by atoms with Gasteiger partial charge in [-0.05, 0) is 56.2 Å². The average Bonchev–Trinajstić information content (AvgIpc) is 2.71. The molecule has 0 spiro atoms. The summed E-state index contributed by atoms with van der Waals surface area (Å²) < 4.78 is 14.7. The molecule has 0 fully saturated rings. The van der Waals surface area contributed by atoms with Gasteiger partial charge < -0.3 is 5.32 Å². The molecule has 1 aromatic heterocycles. The van der Waals surface area contributed by atoms with Crippen molar-refractivity contribution < 1.29 is 9.18 Å². The van der Waals surface area contributed by atoms with E-state index in [1.54, 1.807) is 41.8 Å². The summed E-state index contributed by atoms with van der Waals surface area (Å²) in [6, 6.07) is 10.7. The number of carbonyl (C=O) groups is 1. The normalized spacial score (nSPS) is 13.2. The lowest BCUT2D eigenvalue weighted by Crippen LogP contribution is -2.34. The molecule has 30 heavy (non-hydrogen) atoms. The van der Waals surface area contributed by atoms with Gasteiger partial charge in [0.1, 0.15) is 5.82 Å². The minimum Gasteiger partial charge on any atom is -0.349 e. The SMILES string of the molecule is CCCn1c(SC(C)C(=O)NC(C)c2ccc(F)cc2)nc2cc(Cl)ccc2c1=O. The third kappa shape index (κ3) is 5.02. The Bertz CT molecular complexity index is 1120. The van der Waals surface area contributed by atoms with Crippen LogP contribution in [0.15, 0.2) is 52.4 Å². The van der Waals surface area contributed by atoms with E-state index in [4.69, 9.17) is 11.6 Å². The largest absolute Gasteiger partial charge is 0.349 e. The smallest absolute Gasteiger partial charge is 0.262 e. The van der Waals surface area contributed by atoms with E-state index in [1.165, 1.54) is 23.9 Å². The molecular formula is C22H23ClFN3O2S. The predicted octanol–water partition coefficient (Wildman–Crippen LogP) is 4.96. The molecule has 3 aromatic rings. The maximum absolute atomic E-state index is 13.1. The molecule has 0 radical (unpaired) electrons. The summed E-state index contributed by atoms with van der Waals surface area (Å²) in [5.74, 6) is -0.516. The quantitative estimate of drug-likeness (QED) is 0.411. The molecule has 0 aliphatic heterocycles. The van der Waals surface area contributed by atoms with Crippen molar-refractivity contribution in [3.05, 3.63) is 69.2 Å². The number of nitrogens with zero attached hydrogens (tertiary/aromatic N) is 2. The lowest BCUT2D eigenvalue weighted by atomic mass is 10.1. The average molecular weight is 448 g/mol. The summed E-state index contributed by atoms with van der Waals surface area (Å²) in [4.78, 5) is 30.3. The van der Waals surface area contributed by atoms with Crippen molar-refractivity contribution in [1.82, 2.24) is 14.9 Å². The molecule has 1 amide bonds. The van der Waals surface area contributed by atoms with E-state index in [-0.39, 0.29) is 23.3 Å². The first-order valence-corrected chi connectivity index (χ1v) is 11.0. The lowest BCUT2D eigenvalue weighted by molar-refractivity contribution is -0.120. The summed E-state index contributed by atoms with van der Waals surface area (Å²) in [5, 5.41) is 3.92. The van der Waals surface area contributed by atoms with Crippen LogP contribution in [0.3, 0.4) is 0 Å². The van der Waals surface area contributed by atoms with Gasteiger partial charge in [-0.2, -0.15) is 0 Å². The summed E-state index contributed by atoms with van der Waals surface area (Å²) in [6.45, 7) is 6.09. The molecule has 158 valence electrons. The maximum Gasteiger partial charge on any atom is 0.262 e. The molecule has 1 N–H and O–H groups in total. The number of hydrogen-bond donors (Lipinski definition) is 1. The van der Waals surface area contributed by atoms with Gasteiger partial charge in [0.2, 0.25) is 5.91 Å². The molecule has 0 bridgehead atoms. The highest BCUT2D eigenvalue weighted by Gasteiger charge is 2.21. The van der Waals surface area contributed by atoms with E-state index >= 15 is 0 Å². The third-order valence-electron chi connectivity index (χ3n) is 4.71. The van der Waals surface area contributed by atoms with Gasteiger partial charge in [-0.3, -0.25) is 14.2 Å². The topological polar surface area (TPSA) is 64.0 Å². The van der Waals surface area contributed by atoms with Gasteiger partial charge in [-0.15, -0.1) is 0 Å². The van der Waals surface area contributed by atoms with Gasteiger partial charge in [0, 0.05) is 11.6 Å². The fourth-order valence-corrected chi connectivity index (χ4v) is 4.17. The van der Waals surface area contributed by atoms with E-state index in [0.717, 1.165) is 12.0 Å². The van der Waals surface area contributed by atoms with E-state index in [2.05, 4.69) is 10.3 Å². The highest BCUT2D eigenvalue weighted by molar-refractivity contribution is 8.00. The van der Waals surface area contributed by atoms with Crippen LogP contribution < -0.4 is 10.9 Å². The second kappa shape index (κ2) is 9.62. The fraction of sp³-hybridized carbons (Fsp3) is 0.318. The zero-order chi connectivity index (χ0) is 21.8. The number of rotatable bonds is 7. The van der Waals surface area contributed by atoms with Crippen molar-refractivity contribution in [2.75, 3.05) is 0 Å². The first kappa shape index (κ1) is 22.3. The molecule has 3 rings (SSSR count). The Hall–Kier alpha value is -2.38. The Kier molecular flexibility index (Phi) is 7.15. The standard InChI is InChI=1S/C22H23ClFN3O2S/c1-4-11-27-21(29)18-10-7-16(23)12-19(18)26-22(27)30-14(3)20(28)25-13(2)15-5-8-17(24)9-6-15/h5-10,12-14H,4,11H2,1-3H3,(H,25,28). The maximum atomic E-state index is 13.1. The Morgan fingerprint density at radius 1 is 1.23 bits per heavy atom. The fourth-order valence-electron chi connectivity index (χ4n) is 3.06. The predicted molar refractivity (Wildman–Crippen MR) is 120 cm³/mol. The number of nitrogens with one attached hydrogen (secondary N) is 1. The van der Waals surface area contributed by atoms with Crippen LogP contribution in [0, 0.1) is 5.82 Å². The number of fused-ring (bicyclic) bond motifs is 1. The molecular weight excluding hydrogens is 425 g/mol. The van der Waals surface area contributed by atoms with Gasteiger partial charge in [0.25, 0.3) is 5.56 Å². The minimum absolute atomic E-state index is 0.145. The lowest BCUT2D eigenvalue weighted by Gasteiger charge is -2.19. The number of carbonyl (C=O) groups excluding carboxylic acids is 1. The highest BCUT2D eigenvalue weighted by Crippen LogP contribution is 2.25. The van der Waals surface area contributed by atoms with Crippen LogP contribution in [-0.2, 0) is 11.3 Å². The molecule has 0 saturated carbocycles. The summed E-state index contributed by atoms with van der Waals surface area (Å²) in [6.07, 6.45) is 0.760. The Morgan fingerprint density at radius 3 is 2.60 bits per heavy atom. The molecule has 2 atom stereocenters. The number of amides is 1. The van der Waals surface area contributed by atoms with Gasteiger partial charge in [-0.25, -0.2) is 9.37 Å². The Balaban J connectivity index is 1.83. The van der Waals surface area contributed by atoms with Gasteiger partial charge in [0.05, 0.1) is 22.2 Å². The van der Waals surface area contributed by atoms with E-state index in [1.807, 2.05) is 13.8 Å². The van der Waals surface area contributed by atoms with Crippen molar-refractivity contribution >= 4 is 40.2 Å². The number of hydrogen-bond acceptors (Lipinski definition) is 4. The van der Waals surface area contributed by atoms with Crippen molar-refractivity contribution in [3.8, 4) is 0 Å². The van der Waals surface area contributed by atoms with Crippen LogP contribution in [0.4, 0.5) is 4.39 Å². The number of aromatic nitrogens is 2.